The second-order valence-corrected chi connectivity index (χ2v) is 8.81. The molecule has 3 aromatic heterocycles. The number of nitrogens with zero attached hydrogens (tertiary/aromatic N) is 1. The molecule has 6 nitrogen and oxygen atoms in total. The maximum Gasteiger partial charge on any atom is 0.323 e. The zero-order valence-corrected chi connectivity index (χ0v) is 16.5. The summed E-state index contributed by atoms with van der Waals surface area (Å²) < 4.78 is 0. The lowest BCUT2D eigenvalue weighted by Gasteiger charge is -2.34. The molecule has 1 aromatic carbocycles. The van der Waals surface area contributed by atoms with Crippen LogP contribution in [0.2, 0.25) is 0 Å². The van der Waals surface area contributed by atoms with E-state index in [4.69, 9.17) is 0 Å². The minimum Gasteiger partial charge on any atom is -0.325 e. The van der Waals surface area contributed by atoms with Gasteiger partial charge in [0.25, 0.3) is 0 Å². The summed E-state index contributed by atoms with van der Waals surface area (Å²) in [5.41, 5.74) is 3.14. The Balaban J connectivity index is 1.36. The van der Waals surface area contributed by atoms with Crippen LogP contribution in [0.25, 0.3) is 11.0 Å². The summed E-state index contributed by atoms with van der Waals surface area (Å²) in [6, 6.07) is 11.9. The molecule has 0 saturated heterocycles. The predicted octanol–water partition coefficient (Wildman–Crippen LogP) is 3.57. The Morgan fingerprint density at radius 2 is 2.04 bits per heavy atom. The van der Waals surface area contributed by atoms with Gasteiger partial charge < -0.3 is 15.3 Å². The molecule has 0 aliphatic carbocycles. The molecule has 0 unspecified atom stereocenters. The first kappa shape index (κ1) is 17.4. The summed E-state index contributed by atoms with van der Waals surface area (Å²) in [5, 5.41) is 7.19. The molecule has 1 aliphatic heterocycles. The van der Waals surface area contributed by atoms with E-state index in [1.54, 1.807) is 40.9 Å². The van der Waals surface area contributed by atoms with Crippen molar-refractivity contribution in [3.63, 3.8) is 0 Å². The van der Waals surface area contributed by atoms with Gasteiger partial charge in [0.2, 0.25) is 5.91 Å². The number of nitrogens with one attached hydrogen (secondary N) is 3. The average Bonchev–Trinajstić information content (AvgIpc) is 3.40. The van der Waals surface area contributed by atoms with Gasteiger partial charge in [-0.05, 0) is 53.1 Å². The lowest BCUT2D eigenvalue weighted by atomic mass is 9.98. The SMILES string of the molecule is O=C(CN1CCc2sccc2[C@H]1c1cccs1)Nc1ccc2[nH]c(=O)[nH]c2c1. The van der Waals surface area contributed by atoms with Crippen LogP contribution < -0.4 is 11.0 Å². The number of rotatable bonds is 4. The first-order valence-electron chi connectivity index (χ1n) is 9.03. The Labute approximate surface area is 168 Å². The van der Waals surface area contributed by atoms with Gasteiger partial charge in [-0.25, -0.2) is 4.79 Å². The molecule has 0 fully saturated rings. The minimum absolute atomic E-state index is 0.0579. The van der Waals surface area contributed by atoms with Crippen molar-refractivity contribution in [3.8, 4) is 0 Å². The highest BCUT2D eigenvalue weighted by Crippen LogP contribution is 2.39. The van der Waals surface area contributed by atoms with E-state index >= 15 is 0 Å². The Morgan fingerprint density at radius 3 is 2.89 bits per heavy atom. The third kappa shape index (κ3) is 3.19. The molecule has 4 aromatic rings. The topological polar surface area (TPSA) is 81.0 Å². The van der Waals surface area contributed by atoms with Gasteiger partial charge in [0, 0.05) is 22.0 Å². The van der Waals surface area contributed by atoms with Crippen molar-refractivity contribution >= 4 is 45.3 Å². The molecule has 1 atom stereocenters. The van der Waals surface area contributed by atoms with Gasteiger partial charge in [0.1, 0.15) is 0 Å². The number of carbonyl (C=O) groups excluding carboxylic acids is 1. The van der Waals surface area contributed by atoms with Crippen LogP contribution in [0.4, 0.5) is 5.69 Å². The van der Waals surface area contributed by atoms with Crippen LogP contribution in [0.5, 0.6) is 0 Å². The van der Waals surface area contributed by atoms with Crippen LogP contribution >= 0.6 is 22.7 Å². The molecular formula is C20H18N4O2S2. The lowest BCUT2D eigenvalue weighted by Crippen LogP contribution is -2.40. The number of benzene rings is 1. The van der Waals surface area contributed by atoms with Gasteiger partial charge in [-0.2, -0.15) is 0 Å². The number of aromatic nitrogens is 2. The first-order valence-corrected chi connectivity index (χ1v) is 10.8. The highest BCUT2D eigenvalue weighted by molar-refractivity contribution is 7.10. The molecule has 0 bridgehead atoms. The number of H-pyrrole nitrogens is 2. The molecule has 8 heteroatoms. The summed E-state index contributed by atoms with van der Waals surface area (Å²) in [6.07, 6.45) is 0.971. The number of hydrogen-bond acceptors (Lipinski definition) is 5. The summed E-state index contributed by atoms with van der Waals surface area (Å²) in [4.78, 5) is 34.5. The summed E-state index contributed by atoms with van der Waals surface area (Å²) >= 11 is 3.53. The van der Waals surface area contributed by atoms with E-state index in [2.05, 4.69) is 49.1 Å². The second kappa shape index (κ2) is 7.05. The molecule has 0 saturated carbocycles. The van der Waals surface area contributed by atoms with Crippen molar-refractivity contribution in [3.05, 3.63) is 73.0 Å². The molecule has 28 heavy (non-hydrogen) atoms. The molecule has 1 amide bonds. The lowest BCUT2D eigenvalue weighted by molar-refractivity contribution is -0.117. The van der Waals surface area contributed by atoms with Gasteiger partial charge in [-0.15, -0.1) is 22.7 Å². The Morgan fingerprint density at radius 1 is 1.14 bits per heavy atom. The van der Waals surface area contributed by atoms with Gasteiger partial charge >= 0.3 is 5.69 Å². The van der Waals surface area contributed by atoms with E-state index in [0.717, 1.165) is 18.5 Å². The van der Waals surface area contributed by atoms with Gasteiger partial charge in [0.15, 0.2) is 0 Å². The highest BCUT2D eigenvalue weighted by atomic mass is 32.1. The smallest absolute Gasteiger partial charge is 0.323 e. The van der Waals surface area contributed by atoms with E-state index in [1.807, 2.05) is 0 Å². The molecule has 0 radical (unpaired) electrons. The molecule has 1 aliphatic rings. The highest BCUT2D eigenvalue weighted by Gasteiger charge is 2.31. The van der Waals surface area contributed by atoms with Crippen LogP contribution in [-0.2, 0) is 11.2 Å². The van der Waals surface area contributed by atoms with E-state index in [0.29, 0.717) is 17.7 Å². The molecule has 142 valence electrons. The average molecular weight is 411 g/mol. The van der Waals surface area contributed by atoms with Gasteiger partial charge in [-0.3, -0.25) is 9.69 Å². The normalized spacial score (nSPS) is 16.9. The van der Waals surface area contributed by atoms with Crippen molar-refractivity contribution < 1.29 is 4.79 Å². The number of anilines is 1. The fourth-order valence-electron chi connectivity index (χ4n) is 3.81. The van der Waals surface area contributed by atoms with Crippen LogP contribution in [0.15, 0.2) is 52.0 Å². The van der Waals surface area contributed by atoms with E-state index in [9.17, 15) is 9.59 Å². The predicted molar refractivity (Wildman–Crippen MR) is 113 cm³/mol. The Kier molecular flexibility index (Phi) is 4.38. The van der Waals surface area contributed by atoms with E-state index in [1.165, 1.54) is 15.3 Å². The molecular weight excluding hydrogens is 392 g/mol. The fraction of sp³-hybridized carbons (Fsp3) is 0.200. The Bertz CT molecular complexity index is 1190. The van der Waals surface area contributed by atoms with Crippen molar-refractivity contribution in [1.29, 1.82) is 0 Å². The number of amides is 1. The molecule has 0 spiro atoms. The minimum atomic E-state index is -0.253. The van der Waals surface area contributed by atoms with Gasteiger partial charge in [0.05, 0.1) is 23.6 Å². The van der Waals surface area contributed by atoms with Crippen LogP contribution in [-0.4, -0.2) is 33.9 Å². The monoisotopic (exact) mass is 410 g/mol. The fourth-order valence-corrected chi connectivity index (χ4v) is 5.59. The van der Waals surface area contributed by atoms with Crippen molar-refractivity contribution in [1.82, 2.24) is 14.9 Å². The number of imidazole rings is 1. The summed E-state index contributed by atoms with van der Waals surface area (Å²) in [5.74, 6) is -0.0579. The van der Waals surface area contributed by atoms with Crippen molar-refractivity contribution in [2.75, 3.05) is 18.4 Å². The number of fused-ring (bicyclic) bond motifs is 2. The van der Waals surface area contributed by atoms with Crippen LogP contribution in [0, 0.1) is 0 Å². The van der Waals surface area contributed by atoms with Gasteiger partial charge in [-0.1, -0.05) is 6.07 Å². The quantitative estimate of drug-likeness (QED) is 0.481. The maximum absolute atomic E-state index is 12.8. The zero-order chi connectivity index (χ0) is 19.1. The number of carbonyl (C=O) groups is 1. The third-order valence-electron chi connectivity index (χ3n) is 5.02. The summed E-state index contributed by atoms with van der Waals surface area (Å²) in [7, 11) is 0. The number of thiophene rings is 2. The second-order valence-electron chi connectivity index (χ2n) is 6.83. The van der Waals surface area contributed by atoms with Crippen molar-refractivity contribution in [2.45, 2.75) is 12.5 Å². The number of aromatic amines is 2. The van der Waals surface area contributed by atoms with E-state index in [-0.39, 0.29) is 17.6 Å². The molecule has 4 heterocycles. The van der Waals surface area contributed by atoms with Crippen LogP contribution in [0.1, 0.15) is 21.4 Å². The maximum atomic E-state index is 12.8. The molecule has 5 rings (SSSR count). The standard InChI is InChI=1S/C20H18N4O2S2/c25-18(21-12-3-4-14-15(10-12)23-20(26)22-14)11-24-7-5-16-13(6-9-28-16)19(24)17-2-1-8-27-17/h1-4,6,8-10,19H,5,7,11H2,(H,21,25)(H2,22,23,26)/t19-/m0/s1. The molecule has 3 N–H and O–H groups in total. The number of hydrogen-bond donors (Lipinski definition) is 3. The Hall–Kier alpha value is -2.68. The van der Waals surface area contributed by atoms with E-state index < -0.39 is 0 Å². The third-order valence-corrected chi connectivity index (χ3v) is 6.95. The largest absolute Gasteiger partial charge is 0.325 e. The summed E-state index contributed by atoms with van der Waals surface area (Å²) in [6.45, 7) is 1.17. The van der Waals surface area contributed by atoms with Crippen molar-refractivity contribution in [2.24, 2.45) is 0 Å². The zero-order valence-electron chi connectivity index (χ0n) is 14.9. The first-order chi connectivity index (χ1) is 13.7. The van der Waals surface area contributed by atoms with Crippen LogP contribution in [0.3, 0.4) is 0 Å².